The average Bonchev–Trinajstić information content (AvgIpc) is 3.21. The van der Waals surface area contributed by atoms with Gasteiger partial charge in [-0.2, -0.15) is 0 Å². The predicted molar refractivity (Wildman–Crippen MR) is 111 cm³/mol. The summed E-state index contributed by atoms with van der Waals surface area (Å²) in [6.07, 6.45) is 3.58. The minimum absolute atomic E-state index is 0.00386. The normalized spacial score (nSPS) is 18.1. The Kier molecular flexibility index (Phi) is 6.82. The molecule has 1 aromatic heterocycles. The van der Waals surface area contributed by atoms with Crippen molar-refractivity contribution in [2.24, 2.45) is 5.92 Å². The zero-order valence-electron chi connectivity index (χ0n) is 16.2. The van der Waals surface area contributed by atoms with Crippen LogP contribution < -0.4 is 9.62 Å². The van der Waals surface area contributed by atoms with E-state index < -0.39 is 10.0 Å². The summed E-state index contributed by atoms with van der Waals surface area (Å²) in [6, 6.07) is 6.83. The van der Waals surface area contributed by atoms with Crippen LogP contribution in [-0.2, 0) is 14.8 Å². The van der Waals surface area contributed by atoms with E-state index in [1.807, 2.05) is 12.3 Å². The number of anilines is 1. The molecule has 1 aromatic carbocycles. The molecule has 0 bridgehead atoms. The van der Waals surface area contributed by atoms with Crippen molar-refractivity contribution < 1.29 is 13.2 Å². The van der Waals surface area contributed by atoms with Gasteiger partial charge in [-0.25, -0.2) is 18.1 Å². The molecule has 1 atom stereocenters. The zero-order valence-corrected chi connectivity index (χ0v) is 17.8. The Morgan fingerprint density at radius 2 is 2.11 bits per heavy atom. The Bertz CT molecular complexity index is 882. The standard InChI is InChI=1S/C19H26N4O3S2/c1-15-5-7-17(8-6-15)28(25,26)21-12-16-4-3-10-23(13-16)14-18(24)22(2)19-20-9-11-27-19/h5-9,11,16,21H,3-4,10,12-14H2,1-2H3. The molecule has 7 nitrogen and oxygen atoms in total. The second-order valence-electron chi connectivity index (χ2n) is 7.18. The number of aromatic nitrogens is 1. The van der Waals surface area contributed by atoms with Gasteiger partial charge in [0.25, 0.3) is 0 Å². The van der Waals surface area contributed by atoms with E-state index in [4.69, 9.17) is 0 Å². The van der Waals surface area contributed by atoms with Crippen molar-refractivity contribution in [1.29, 1.82) is 0 Å². The molecule has 1 N–H and O–H groups in total. The number of hydrogen-bond acceptors (Lipinski definition) is 6. The summed E-state index contributed by atoms with van der Waals surface area (Å²) < 4.78 is 27.7. The number of likely N-dealkylation sites (N-methyl/N-ethyl adjacent to an activating group) is 1. The van der Waals surface area contributed by atoms with Gasteiger partial charge in [0, 0.05) is 31.7 Å². The first-order chi connectivity index (χ1) is 13.3. The fraction of sp³-hybridized carbons (Fsp3) is 0.474. The van der Waals surface area contributed by atoms with E-state index in [-0.39, 0.29) is 16.7 Å². The number of piperidine rings is 1. The lowest BCUT2D eigenvalue weighted by Gasteiger charge is -2.33. The maximum absolute atomic E-state index is 12.5. The Labute approximate surface area is 170 Å². The molecule has 0 aliphatic carbocycles. The fourth-order valence-electron chi connectivity index (χ4n) is 3.28. The number of sulfonamides is 1. The van der Waals surface area contributed by atoms with Crippen molar-refractivity contribution in [3.63, 3.8) is 0 Å². The van der Waals surface area contributed by atoms with Crippen LogP contribution >= 0.6 is 11.3 Å². The van der Waals surface area contributed by atoms with Crippen molar-refractivity contribution in [1.82, 2.24) is 14.6 Å². The molecule has 1 aliphatic rings. The van der Waals surface area contributed by atoms with Gasteiger partial charge >= 0.3 is 0 Å². The summed E-state index contributed by atoms with van der Waals surface area (Å²) >= 11 is 1.43. The molecule has 3 rings (SSSR count). The van der Waals surface area contributed by atoms with E-state index in [9.17, 15) is 13.2 Å². The highest BCUT2D eigenvalue weighted by molar-refractivity contribution is 7.89. The van der Waals surface area contributed by atoms with E-state index in [1.165, 1.54) is 11.3 Å². The maximum atomic E-state index is 12.5. The number of benzene rings is 1. The highest BCUT2D eigenvalue weighted by Gasteiger charge is 2.25. The molecule has 1 saturated heterocycles. The van der Waals surface area contributed by atoms with Gasteiger partial charge in [0.15, 0.2) is 5.13 Å². The van der Waals surface area contributed by atoms with Gasteiger partial charge in [0.1, 0.15) is 0 Å². The summed E-state index contributed by atoms with van der Waals surface area (Å²) in [5, 5.41) is 2.53. The molecule has 0 radical (unpaired) electrons. The largest absolute Gasteiger partial charge is 0.294 e. The highest BCUT2D eigenvalue weighted by atomic mass is 32.2. The second kappa shape index (κ2) is 9.13. The molecular formula is C19H26N4O3S2. The number of amides is 1. The number of likely N-dealkylation sites (tertiary alicyclic amines) is 1. The minimum atomic E-state index is -3.51. The van der Waals surface area contributed by atoms with Crippen molar-refractivity contribution >= 4 is 32.4 Å². The van der Waals surface area contributed by atoms with E-state index in [0.29, 0.717) is 24.8 Å². The zero-order chi connectivity index (χ0) is 20.1. The summed E-state index contributed by atoms with van der Waals surface area (Å²) in [5.74, 6) is 0.183. The molecule has 9 heteroatoms. The molecule has 2 heterocycles. The van der Waals surface area contributed by atoms with Crippen LogP contribution in [0.5, 0.6) is 0 Å². The average molecular weight is 423 g/mol. The fourth-order valence-corrected chi connectivity index (χ4v) is 5.02. The van der Waals surface area contributed by atoms with E-state index >= 15 is 0 Å². The van der Waals surface area contributed by atoms with E-state index in [2.05, 4.69) is 14.6 Å². The van der Waals surface area contributed by atoms with Crippen LogP contribution in [0.25, 0.3) is 0 Å². The Morgan fingerprint density at radius 3 is 2.79 bits per heavy atom. The Balaban J connectivity index is 1.52. The Hall–Kier alpha value is -1.81. The molecular weight excluding hydrogens is 396 g/mol. The lowest BCUT2D eigenvalue weighted by molar-refractivity contribution is -0.119. The number of nitrogens with zero attached hydrogens (tertiary/aromatic N) is 3. The van der Waals surface area contributed by atoms with Crippen LogP contribution in [-0.4, -0.2) is 57.4 Å². The summed E-state index contributed by atoms with van der Waals surface area (Å²) in [5.41, 5.74) is 1.02. The minimum Gasteiger partial charge on any atom is -0.294 e. The first-order valence-corrected chi connectivity index (χ1v) is 11.7. The van der Waals surface area contributed by atoms with Gasteiger partial charge < -0.3 is 0 Å². The molecule has 152 valence electrons. The topological polar surface area (TPSA) is 82.6 Å². The molecule has 1 amide bonds. The first kappa shape index (κ1) is 20.9. The van der Waals surface area contributed by atoms with Crippen LogP contribution in [0, 0.1) is 12.8 Å². The molecule has 1 aliphatic heterocycles. The number of rotatable bonds is 7. The number of carbonyl (C=O) groups is 1. The third-order valence-corrected chi connectivity index (χ3v) is 7.22. The van der Waals surface area contributed by atoms with Crippen LogP contribution in [0.1, 0.15) is 18.4 Å². The van der Waals surface area contributed by atoms with Gasteiger partial charge in [-0.3, -0.25) is 14.6 Å². The van der Waals surface area contributed by atoms with Crippen molar-refractivity contribution in [3.8, 4) is 0 Å². The van der Waals surface area contributed by atoms with E-state index in [1.54, 1.807) is 42.4 Å². The van der Waals surface area contributed by atoms with Crippen LogP contribution in [0.3, 0.4) is 0 Å². The van der Waals surface area contributed by atoms with Crippen molar-refractivity contribution in [2.75, 3.05) is 38.1 Å². The lowest BCUT2D eigenvalue weighted by atomic mass is 9.98. The summed E-state index contributed by atoms with van der Waals surface area (Å²) in [4.78, 5) is 20.6. The number of hydrogen-bond donors (Lipinski definition) is 1. The Morgan fingerprint density at radius 1 is 1.36 bits per heavy atom. The smallest absolute Gasteiger partial charge is 0.242 e. The number of thiazole rings is 1. The second-order valence-corrected chi connectivity index (χ2v) is 9.82. The van der Waals surface area contributed by atoms with Crippen molar-refractivity contribution in [2.45, 2.75) is 24.7 Å². The molecule has 0 spiro atoms. The molecule has 2 aromatic rings. The van der Waals surface area contributed by atoms with Crippen LogP contribution in [0.15, 0.2) is 40.7 Å². The monoisotopic (exact) mass is 422 g/mol. The van der Waals surface area contributed by atoms with E-state index in [0.717, 1.165) is 24.9 Å². The van der Waals surface area contributed by atoms with Gasteiger partial charge in [0.2, 0.25) is 15.9 Å². The molecule has 28 heavy (non-hydrogen) atoms. The molecule has 1 fully saturated rings. The van der Waals surface area contributed by atoms with Gasteiger partial charge in [-0.1, -0.05) is 17.7 Å². The van der Waals surface area contributed by atoms with Gasteiger partial charge in [0.05, 0.1) is 11.4 Å². The maximum Gasteiger partial charge on any atom is 0.242 e. The lowest BCUT2D eigenvalue weighted by Crippen LogP contribution is -2.45. The van der Waals surface area contributed by atoms with Crippen molar-refractivity contribution in [3.05, 3.63) is 41.4 Å². The summed E-state index contributed by atoms with van der Waals surface area (Å²) in [7, 11) is -1.78. The SMILES string of the molecule is Cc1ccc(S(=O)(=O)NCC2CCCN(CC(=O)N(C)c3nccs3)C2)cc1. The number of carbonyl (C=O) groups excluding carboxylic acids is 1. The third kappa shape index (κ3) is 5.38. The number of nitrogens with one attached hydrogen (secondary N) is 1. The summed E-state index contributed by atoms with van der Waals surface area (Å²) in [6.45, 7) is 4.17. The molecule has 0 saturated carbocycles. The predicted octanol–water partition coefficient (Wildman–Crippen LogP) is 2.10. The molecule has 1 unspecified atom stereocenters. The highest BCUT2D eigenvalue weighted by Crippen LogP contribution is 2.19. The van der Waals surface area contributed by atoms with Gasteiger partial charge in [-0.15, -0.1) is 11.3 Å². The van der Waals surface area contributed by atoms with Crippen LogP contribution in [0.4, 0.5) is 5.13 Å². The third-order valence-electron chi connectivity index (χ3n) is 4.94. The first-order valence-electron chi connectivity index (χ1n) is 9.30. The quantitative estimate of drug-likeness (QED) is 0.739. The van der Waals surface area contributed by atoms with Crippen LogP contribution in [0.2, 0.25) is 0 Å². The number of aryl methyl sites for hydroxylation is 1. The van der Waals surface area contributed by atoms with Gasteiger partial charge in [-0.05, 0) is 44.4 Å².